The molecule has 0 bridgehead atoms. The molecule has 0 radical (unpaired) electrons. The molecule has 2 unspecified atom stereocenters. The summed E-state index contributed by atoms with van der Waals surface area (Å²) in [6.45, 7) is 11.8. The van der Waals surface area contributed by atoms with Crippen LogP contribution in [0.2, 0.25) is 0 Å². The van der Waals surface area contributed by atoms with Gasteiger partial charge in [0.1, 0.15) is 6.04 Å². The predicted octanol–water partition coefficient (Wildman–Crippen LogP) is 2.25. The smallest absolute Gasteiger partial charge is 0.357 e. The van der Waals surface area contributed by atoms with Crippen molar-refractivity contribution in [3.05, 3.63) is 0 Å². The average Bonchev–Trinajstić information content (AvgIpc) is 2.58. The van der Waals surface area contributed by atoms with Crippen molar-refractivity contribution in [3.63, 3.8) is 0 Å². The van der Waals surface area contributed by atoms with E-state index in [1.54, 1.807) is 0 Å². The molecule has 0 aromatic rings. The van der Waals surface area contributed by atoms with Crippen LogP contribution in [0.3, 0.4) is 0 Å². The second-order valence-electron chi connectivity index (χ2n) is 6.71. The molecule has 0 aromatic carbocycles. The van der Waals surface area contributed by atoms with E-state index in [1.807, 2.05) is 6.92 Å². The first-order chi connectivity index (χ1) is 11.7. The van der Waals surface area contributed by atoms with Gasteiger partial charge in [-0.1, -0.05) is 6.92 Å². The van der Waals surface area contributed by atoms with Gasteiger partial charge in [0, 0.05) is 45.3 Å². The molecular formula is C17H34F3N5. The topological polar surface area (TPSA) is 34.1 Å². The van der Waals surface area contributed by atoms with E-state index in [0.717, 1.165) is 25.5 Å². The van der Waals surface area contributed by atoms with Gasteiger partial charge in [-0.2, -0.15) is 13.2 Å². The van der Waals surface area contributed by atoms with E-state index in [-0.39, 0.29) is 0 Å². The van der Waals surface area contributed by atoms with Gasteiger partial charge in [-0.25, -0.2) is 0 Å². The zero-order valence-electron chi connectivity index (χ0n) is 16.2. The van der Waals surface area contributed by atoms with Gasteiger partial charge in [0.15, 0.2) is 5.96 Å². The maximum Gasteiger partial charge on any atom is 0.403 e. The van der Waals surface area contributed by atoms with Gasteiger partial charge < -0.3 is 15.1 Å². The highest BCUT2D eigenvalue weighted by molar-refractivity contribution is 5.80. The lowest BCUT2D eigenvalue weighted by Crippen LogP contribution is -2.56. The largest absolute Gasteiger partial charge is 0.403 e. The third kappa shape index (κ3) is 7.01. The summed E-state index contributed by atoms with van der Waals surface area (Å²) >= 11 is 0. The highest BCUT2D eigenvalue weighted by Gasteiger charge is 2.41. The standard InChI is InChI=1S/C17H34F3N5/c1-6-14(3)23(5)9-8-22-16(21-7-2)25-12-10-24(11-13-25)15(4)17(18,19)20/h14-15H,6-13H2,1-5H3,(H,21,22). The van der Waals surface area contributed by atoms with Gasteiger partial charge in [0.05, 0.1) is 6.54 Å². The summed E-state index contributed by atoms with van der Waals surface area (Å²) in [4.78, 5) is 10.5. The number of guanidine groups is 1. The molecule has 1 rings (SSSR count). The number of nitrogens with one attached hydrogen (secondary N) is 1. The molecule has 0 spiro atoms. The molecule has 5 nitrogen and oxygen atoms in total. The lowest BCUT2D eigenvalue weighted by molar-refractivity contribution is -0.181. The Kier molecular flexibility index (Phi) is 8.99. The fourth-order valence-corrected chi connectivity index (χ4v) is 2.80. The molecule has 1 N–H and O–H groups in total. The van der Waals surface area contributed by atoms with Crippen molar-refractivity contribution in [2.75, 3.05) is 52.9 Å². The van der Waals surface area contributed by atoms with Crippen LogP contribution in [0.4, 0.5) is 13.2 Å². The molecule has 0 aliphatic carbocycles. The van der Waals surface area contributed by atoms with E-state index in [1.165, 1.54) is 11.8 Å². The Morgan fingerprint density at radius 2 is 1.76 bits per heavy atom. The number of hydrogen-bond acceptors (Lipinski definition) is 3. The molecule has 148 valence electrons. The summed E-state index contributed by atoms with van der Waals surface area (Å²) in [6.07, 6.45) is -3.07. The van der Waals surface area contributed by atoms with Crippen LogP contribution in [-0.2, 0) is 0 Å². The van der Waals surface area contributed by atoms with E-state index in [0.29, 0.717) is 38.8 Å². The summed E-state index contributed by atoms with van der Waals surface area (Å²) in [5, 5.41) is 3.26. The predicted molar refractivity (Wildman–Crippen MR) is 97.0 cm³/mol. The molecule has 0 saturated carbocycles. The summed E-state index contributed by atoms with van der Waals surface area (Å²) < 4.78 is 38.6. The minimum absolute atomic E-state index is 0.401. The van der Waals surface area contributed by atoms with Crippen molar-refractivity contribution in [2.24, 2.45) is 4.99 Å². The first kappa shape index (κ1) is 22.0. The third-order valence-electron chi connectivity index (χ3n) is 5.03. The molecule has 0 aromatic heterocycles. The first-order valence-corrected chi connectivity index (χ1v) is 9.24. The molecular weight excluding hydrogens is 331 g/mol. The van der Waals surface area contributed by atoms with Gasteiger partial charge in [-0.05, 0) is 34.2 Å². The number of halogens is 3. The lowest BCUT2D eigenvalue weighted by atomic mass is 10.2. The van der Waals surface area contributed by atoms with Crippen LogP contribution in [0.25, 0.3) is 0 Å². The van der Waals surface area contributed by atoms with E-state index >= 15 is 0 Å². The maximum atomic E-state index is 12.9. The first-order valence-electron chi connectivity index (χ1n) is 9.24. The molecule has 8 heteroatoms. The van der Waals surface area contributed by atoms with Gasteiger partial charge in [0.2, 0.25) is 0 Å². The van der Waals surface area contributed by atoms with Crippen molar-refractivity contribution < 1.29 is 13.2 Å². The summed E-state index contributed by atoms with van der Waals surface area (Å²) in [5.41, 5.74) is 0. The lowest BCUT2D eigenvalue weighted by Gasteiger charge is -2.39. The summed E-state index contributed by atoms with van der Waals surface area (Å²) in [6, 6.07) is -0.872. The number of nitrogens with zero attached hydrogens (tertiary/aromatic N) is 4. The minimum Gasteiger partial charge on any atom is -0.357 e. The monoisotopic (exact) mass is 365 g/mol. The number of hydrogen-bond donors (Lipinski definition) is 1. The number of aliphatic imine (C=N–C) groups is 1. The molecule has 2 atom stereocenters. The number of rotatable bonds is 7. The Morgan fingerprint density at radius 3 is 2.24 bits per heavy atom. The molecule has 25 heavy (non-hydrogen) atoms. The fourth-order valence-electron chi connectivity index (χ4n) is 2.80. The van der Waals surface area contributed by atoms with Crippen LogP contribution in [0.15, 0.2) is 4.99 Å². The number of alkyl halides is 3. The number of likely N-dealkylation sites (N-methyl/N-ethyl adjacent to an activating group) is 1. The van der Waals surface area contributed by atoms with Crippen LogP contribution >= 0.6 is 0 Å². The van der Waals surface area contributed by atoms with Crippen molar-refractivity contribution in [1.82, 2.24) is 20.0 Å². The third-order valence-corrected chi connectivity index (χ3v) is 5.03. The molecule has 0 amide bonds. The summed E-state index contributed by atoms with van der Waals surface area (Å²) in [5.74, 6) is 0.805. The fraction of sp³-hybridized carbons (Fsp3) is 0.941. The van der Waals surface area contributed by atoms with Crippen molar-refractivity contribution in [1.29, 1.82) is 0 Å². The van der Waals surface area contributed by atoms with Crippen molar-refractivity contribution in [3.8, 4) is 0 Å². The van der Waals surface area contributed by atoms with Gasteiger partial charge in [-0.3, -0.25) is 9.89 Å². The Balaban J connectivity index is 2.56. The van der Waals surface area contributed by atoms with E-state index in [9.17, 15) is 13.2 Å². The van der Waals surface area contributed by atoms with Crippen molar-refractivity contribution >= 4 is 5.96 Å². The Labute approximate surface area is 150 Å². The van der Waals surface area contributed by atoms with E-state index < -0.39 is 12.2 Å². The highest BCUT2D eigenvalue weighted by Crippen LogP contribution is 2.25. The van der Waals surface area contributed by atoms with Crippen LogP contribution in [0, 0.1) is 0 Å². The second-order valence-corrected chi connectivity index (χ2v) is 6.71. The van der Waals surface area contributed by atoms with E-state index in [4.69, 9.17) is 0 Å². The zero-order valence-corrected chi connectivity index (χ0v) is 16.2. The maximum absolute atomic E-state index is 12.9. The van der Waals surface area contributed by atoms with Crippen LogP contribution < -0.4 is 5.32 Å². The molecule has 1 saturated heterocycles. The minimum atomic E-state index is -4.17. The second kappa shape index (κ2) is 10.2. The molecule has 1 aliphatic rings. The number of piperazine rings is 1. The Hall–Kier alpha value is -1.02. The molecule has 1 heterocycles. The van der Waals surface area contributed by atoms with Crippen LogP contribution in [0.5, 0.6) is 0 Å². The average molecular weight is 365 g/mol. The summed E-state index contributed by atoms with van der Waals surface area (Å²) in [7, 11) is 2.09. The van der Waals surface area contributed by atoms with E-state index in [2.05, 4.69) is 41.0 Å². The van der Waals surface area contributed by atoms with Gasteiger partial charge in [0.25, 0.3) is 0 Å². The van der Waals surface area contributed by atoms with Crippen molar-refractivity contribution in [2.45, 2.75) is 52.4 Å². The molecule has 1 fully saturated rings. The van der Waals surface area contributed by atoms with Gasteiger partial charge in [-0.15, -0.1) is 0 Å². The quantitative estimate of drug-likeness (QED) is 0.554. The normalized spacial score (nSPS) is 20.0. The Morgan fingerprint density at radius 1 is 1.16 bits per heavy atom. The molecule has 1 aliphatic heterocycles. The van der Waals surface area contributed by atoms with Crippen LogP contribution in [0.1, 0.15) is 34.1 Å². The highest BCUT2D eigenvalue weighted by atomic mass is 19.4. The van der Waals surface area contributed by atoms with Gasteiger partial charge >= 0.3 is 6.18 Å². The SMILES string of the molecule is CCNC(=NCCN(C)C(C)CC)N1CCN(C(C)C(F)(F)F)CC1. The zero-order chi connectivity index (χ0) is 19.0. The Bertz CT molecular complexity index is 406. The van der Waals surface area contributed by atoms with Crippen LogP contribution in [-0.4, -0.2) is 91.8 Å².